The molecule has 0 bridgehead atoms. The van der Waals surface area contributed by atoms with Crippen LogP contribution in [0.3, 0.4) is 0 Å². The number of imide groups is 1. The number of anilines is 1. The van der Waals surface area contributed by atoms with E-state index in [9.17, 15) is 9.59 Å². The summed E-state index contributed by atoms with van der Waals surface area (Å²) in [6.07, 6.45) is 3.02. The number of rotatable bonds is 11. The van der Waals surface area contributed by atoms with E-state index in [2.05, 4.69) is 6.92 Å². The van der Waals surface area contributed by atoms with E-state index in [1.165, 1.54) is 4.90 Å². The summed E-state index contributed by atoms with van der Waals surface area (Å²) in [5, 5.41) is 1.94. The summed E-state index contributed by atoms with van der Waals surface area (Å²) in [7, 11) is 3.21. The minimum atomic E-state index is -0.395. The van der Waals surface area contributed by atoms with Crippen molar-refractivity contribution in [1.29, 1.82) is 0 Å². The average molecular weight is 428 g/mol. The monoisotopic (exact) mass is 427 g/mol. The van der Waals surface area contributed by atoms with Crippen molar-refractivity contribution in [2.75, 3.05) is 32.3 Å². The highest BCUT2D eigenvalue weighted by Gasteiger charge is 2.42. The van der Waals surface area contributed by atoms with Gasteiger partial charge in [0.1, 0.15) is 5.75 Å². The van der Waals surface area contributed by atoms with Gasteiger partial charge in [0.2, 0.25) is 5.91 Å². The lowest BCUT2D eigenvalue weighted by atomic mass is 10.1. The van der Waals surface area contributed by atoms with Crippen LogP contribution in [0.5, 0.6) is 17.2 Å². The predicted octanol–water partition coefficient (Wildman–Crippen LogP) is 2.32. The third kappa shape index (κ3) is 5.55. The molecule has 0 unspecified atom stereocenters. The molecule has 7 nitrogen and oxygen atoms in total. The molecule has 31 heavy (non-hydrogen) atoms. The highest BCUT2D eigenvalue weighted by molar-refractivity contribution is 6.21. The van der Waals surface area contributed by atoms with Gasteiger partial charge in [0, 0.05) is 6.42 Å². The summed E-state index contributed by atoms with van der Waals surface area (Å²) in [4.78, 5) is 26.6. The zero-order chi connectivity index (χ0) is 22.2. The molecule has 0 aromatic heterocycles. The summed E-state index contributed by atoms with van der Waals surface area (Å²) in [5.41, 5.74) is 1.68. The van der Waals surface area contributed by atoms with Crippen molar-refractivity contribution in [3.63, 3.8) is 0 Å². The summed E-state index contributed by atoms with van der Waals surface area (Å²) in [6.45, 7) is 3.46. The molecule has 1 aliphatic rings. The van der Waals surface area contributed by atoms with Gasteiger partial charge < -0.3 is 19.5 Å². The Balaban J connectivity index is 1.55. The van der Waals surface area contributed by atoms with Gasteiger partial charge in [-0.3, -0.25) is 9.59 Å². The number of hydrogen-bond donors (Lipinski definition) is 1. The lowest BCUT2D eigenvalue weighted by Gasteiger charge is -2.15. The fourth-order valence-electron chi connectivity index (χ4n) is 3.62. The van der Waals surface area contributed by atoms with Crippen molar-refractivity contribution >= 4 is 17.5 Å². The highest BCUT2D eigenvalue weighted by Crippen LogP contribution is 2.27. The summed E-state index contributed by atoms with van der Waals surface area (Å²) >= 11 is 0. The van der Waals surface area contributed by atoms with Gasteiger partial charge in [0.15, 0.2) is 17.5 Å². The van der Waals surface area contributed by atoms with Crippen molar-refractivity contribution in [1.82, 2.24) is 0 Å². The minimum Gasteiger partial charge on any atom is -0.494 e. The maximum Gasteiger partial charge on any atom is 0.292 e. The highest BCUT2D eigenvalue weighted by atomic mass is 16.5. The van der Waals surface area contributed by atoms with Crippen LogP contribution in [-0.4, -0.2) is 45.2 Å². The smallest absolute Gasteiger partial charge is 0.292 e. The number of benzene rings is 2. The van der Waals surface area contributed by atoms with Gasteiger partial charge in [-0.1, -0.05) is 19.4 Å². The molecule has 7 heteroatoms. The second-order valence-corrected chi connectivity index (χ2v) is 7.54. The molecular formula is C24H31N2O5+. The van der Waals surface area contributed by atoms with Crippen molar-refractivity contribution < 1.29 is 29.1 Å². The first-order valence-corrected chi connectivity index (χ1v) is 10.7. The Labute approximate surface area is 183 Å². The fraction of sp³-hybridized carbons (Fsp3) is 0.417. The van der Waals surface area contributed by atoms with Crippen LogP contribution < -0.4 is 24.4 Å². The molecule has 0 spiro atoms. The van der Waals surface area contributed by atoms with Crippen LogP contribution in [0.15, 0.2) is 42.5 Å². The Kier molecular flexibility index (Phi) is 7.89. The lowest BCUT2D eigenvalue weighted by Crippen LogP contribution is -2.92. The van der Waals surface area contributed by atoms with E-state index in [0.717, 1.165) is 30.6 Å². The second-order valence-electron chi connectivity index (χ2n) is 7.54. The average Bonchev–Trinajstić information content (AvgIpc) is 3.07. The number of unbranched alkanes of at least 4 members (excludes halogenated alkanes) is 1. The molecule has 2 aromatic rings. The van der Waals surface area contributed by atoms with Gasteiger partial charge in [0.25, 0.3) is 5.91 Å². The van der Waals surface area contributed by atoms with E-state index in [-0.39, 0.29) is 18.2 Å². The summed E-state index contributed by atoms with van der Waals surface area (Å²) in [6, 6.07) is 12.5. The van der Waals surface area contributed by atoms with Gasteiger partial charge in [0.05, 0.1) is 39.5 Å². The number of nitrogens with zero attached hydrogens (tertiary/aromatic N) is 1. The van der Waals surface area contributed by atoms with E-state index in [0.29, 0.717) is 30.3 Å². The molecule has 0 radical (unpaired) electrons. The number of amides is 2. The maximum absolute atomic E-state index is 12.8. The first-order chi connectivity index (χ1) is 15.1. The number of carbonyl (C=O) groups excluding carboxylic acids is 2. The van der Waals surface area contributed by atoms with Gasteiger partial charge in [-0.2, -0.15) is 0 Å². The Hall–Kier alpha value is -3.06. The van der Waals surface area contributed by atoms with E-state index in [4.69, 9.17) is 14.2 Å². The summed E-state index contributed by atoms with van der Waals surface area (Å²) in [5.74, 6) is 1.77. The number of methoxy groups -OCH3 is 2. The number of quaternary nitrogens is 1. The van der Waals surface area contributed by atoms with Gasteiger partial charge >= 0.3 is 0 Å². The Morgan fingerprint density at radius 1 is 1.03 bits per heavy atom. The molecule has 0 saturated carbocycles. The molecule has 1 atom stereocenters. The van der Waals surface area contributed by atoms with Crippen LogP contribution in [0.2, 0.25) is 0 Å². The minimum absolute atomic E-state index is 0.169. The molecule has 1 saturated heterocycles. The molecule has 2 aromatic carbocycles. The largest absolute Gasteiger partial charge is 0.494 e. The first kappa shape index (κ1) is 22.6. The molecule has 1 heterocycles. The molecule has 2 N–H and O–H groups in total. The van der Waals surface area contributed by atoms with E-state index >= 15 is 0 Å². The van der Waals surface area contributed by atoms with Crippen LogP contribution >= 0.6 is 0 Å². The lowest BCUT2D eigenvalue weighted by molar-refractivity contribution is -0.674. The number of hydrogen-bond acceptors (Lipinski definition) is 5. The Morgan fingerprint density at radius 2 is 1.77 bits per heavy atom. The van der Waals surface area contributed by atoms with Crippen molar-refractivity contribution in [2.45, 2.75) is 38.6 Å². The SMILES string of the molecule is CCCCOc1ccc(N2C(=O)C[C@H]([NH2+]CCc3ccc(OC)c(OC)c3)C2=O)cc1. The van der Waals surface area contributed by atoms with E-state index < -0.39 is 6.04 Å². The standard InChI is InChI=1S/C24H30N2O5/c1-4-5-14-31-19-9-7-18(8-10-19)26-23(27)16-20(24(26)28)25-13-12-17-6-11-21(29-2)22(15-17)30-3/h6-11,15,20,25H,4-5,12-14,16H2,1-3H3/p+1/t20-/m0/s1. The van der Waals surface area contributed by atoms with Crippen LogP contribution in [0.4, 0.5) is 5.69 Å². The van der Waals surface area contributed by atoms with Gasteiger partial charge in [-0.15, -0.1) is 0 Å². The predicted molar refractivity (Wildman–Crippen MR) is 118 cm³/mol. The first-order valence-electron chi connectivity index (χ1n) is 10.7. The molecular weight excluding hydrogens is 396 g/mol. The molecule has 166 valence electrons. The topological polar surface area (TPSA) is 81.7 Å². The third-order valence-electron chi connectivity index (χ3n) is 5.38. The van der Waals surface area contributed by atoms with Crippen LogP contribution in [0.1, 0.15) is 31.7 Å². The molecule has 0 aliphatic carbocycles. The van der Waals surface area contributed by atoms with Crippen molar-refractivity contribution in [2.24, 2.45) is 0 Å². The quantitative estimate of drug-likeness (QED) is 0.440. The molecule has 1 fully saturated rings. The zero-order valence-corrected chi connectivity index (χ0v) is 18.4. The van der Waals surface area contributed by atoms with Crippen LogP contribution in [0.25, 0.3) is 0 Å². The number of nitrogens with two attached hydrogens (primary N) is 1. The third-order valence-corrected chi connectivity index (χ3v) is 5.38. The van der Waals surface area contributed by atoms with Gasteiger partial charge in [-0.25, -0.2) is 4.90 Å². The fourth-order valence-corrected chi connectivity index (χ4v) is 3.62. The van der Waals surface area contributed by atoms with Crippen molar-refractivity contribution in [3.8, 4) is 17.2 Å². The molecule has 3 rings (SSSR count). The van der Waals surface area contributed by atoms with Crippen molar-refractivity contribution in [3.05, 3.63) is 48.0 Å². The van der Waals surface area contributed by atoms with E-state index in [1.54, 1.807) is 38.5 Å². The van der Waals surface area contributed by atoms with Crippen LogP contribution in [0, 0.1) is 0 Å². The zero-order valence-electron chi connectivity index (χ0n) is 18.4. The van der Waals surface area contributed by atoms with Crippen LogP contribution in [-0.2, 0) is 16.0 Å². The molecule has 2 amide bonds. The maximum atomic E-state index is 12.8. The Bertz CT molecular complexity index is 897. The number of ether oxygens (including phenoxy) is 3. The second kappa shape index (κ2) is 10.8. The number of carbonyl (C=O) groups is 2. The van der Waals surface area contributed by atoms with E-state index in [1.807, 2.05) is 23.5 Å². The van der Waals surface area contributed by atoms with Gasteiger partial charge in [-0.05, 0) is 48.4 Å². The molecule has 1 aliphatic heterocycles. The normalized spacial score (nSPS) is 16.0. The summed E-state index contributed by atoms with van der Waals surface area (Å²) < 4.78 is 16.3. The Morgan fingerprint density at radius 3 is 2.45 bits per heavy atom.